The van der Waals surface area contributed by atoms with Crippen LogP contribution < -0.4 is 20.1 Å². The molecule has 1 atom stereocenters. The second-order valence-corrected chi connectivity index (χ2v) is 6.84. The van der Waals surface area contributed by atoms with Gasteiger partial charge in [0.15, 0.2) is 13.2 Å². The van der Waals surface area contributed by atoms with E-state index in [9.17, 15) is 31.1 Å². The summed E-state index contributed by atoms with van der Waals surface area (Å²) in [6.45, 7) is -1.13. The molecule has 1 aromatic rings. The van der Waals surface area contributed by atoms with Crippen molar-refractivity contribution < 1.29 is 50.5 Å². The van der Waals surface area contributed by atoms with Crippen LogP contribution in [0.3, 0.4) is 0 Å². The van der Waals surface area contributed by atoms with Gasteiger partial charge in [-0.05, 0) is 37.6 Å². The maximum absolute atomic E-state index is 12.4. The van der Waals surface area contributed by atoms with Crippen LogP contribution >= 0.6 is 0 Å². The first-order valence-corrected chi connectivity index (χ1v) is 9.51. The van der Waals surface area contributed by atoms with Gasteiger partial charge in [-0.3, -0.25) is 9.59 Å². The molecular weight excluding hydrogens is 450 g/mol. The Morgan fingerprint density at radius 2 is 1.69 bits per heavy atom. The minimum Gasteiger partial charge on any atom is -0.484 e. The van der Waals surface area contributed by atoms with Gasteiger partial charge in [-0.15, -0.1) is 0 Å². The lowest BCUT2D eigenvalue weighted by molar-refractivity contribution is -0.154. The van der Waals surface area contributed by atoms with Crippen molar-refractivity contribution in [1.82, 2.24) is 10.6 Å². The molecule has 0 aliphatic carbocycles. The molecular formula is C19H24F6N2O5. The van der Waals surface area contributed by atoms with E-state index in [1.165, 1.54) is 0 Å². The van der Waals surface area contributed by atoms with Crippen LogP contribution in [0.5, 0.6) is 11.5 Å². The van der Waals surface area contributed by atoms with E-state index in [0.29, 0.717) is 0 Å². The SMILES string of the molecule is CC(=O)O.O=C(NC[C@H]1CCCCN1)c1cc(OCC(F)(F)F)ccc1OCC(F)(F)F. The zero-order valence-corrected chi connectivity index (χ0v) is 17.1. The van der Waals surface area contributed by atoms with Crippen molar-refractivity contribution in [3.05, 3.63) is 23.8 Å². The molecule has 0 radical (unpaired) electrons. The van der Waals surface area contributed by atoms with Crippen molar-refractivity contribution in [2.45, 2.75) is 44.6 Å². The van der Waals surface area contributed by atoms with Crippen LogP contribution in [0.25, 0.3) is 0 Å². The number of halogens is 6. The molecule has 1 saturated heterocycles. The molecule has 2 rings (SSSR count). The summed E-state index contributed by atoms with van der Waals surface area (Å²) < 4.78 is 83.3. The summed E-state index contributed by atoms with van der Waals surface area (Å²) >= 11 is 0. The van der Waals surface area contributed by atoms with Crippen LogP contribution in [0, 0.1) is 0 Å². The number of rotatable bonds is 7. The minimum absolute atomic E-state index is 0.0157. The van der Waals surface area contributed by atoms with E-state index in [1.54, 1.807) is 0 Å². The molecule has 32 heavy (non-hydrogen) atoms. The van der Waals surface area contributed by atoms with Crippen molar-refractivity contribution in [3.63, 3.8) is 0 Å². The quantitative estimate of drug-likeness (QED) is 0.524. The predicted octanol–water partition coefficient (Wildman–Crippen LogP) is 3.53. The predicted molar refractivity (Wildman–Crippen MR) is 101 cm³/mol. The third-order valence-electron chi connectivity index (χ3n) is 3.91. The zero-order valence-electron chi connectivity index (χ0n) is 17.1. The van der Waals surface area contributed by atoms with Gasteiger partial charge in [-0.25, -0.2) is 0 Å². The zero-order chi connectivity index (χ0) is 24.4. The van der Waals surface area contributed by atoms with Crippen LogP contribution in [0.2, 0.25) is 0 Å². The minimum atomic E-state index is -4.63. The molecule has 1 amide bonds. The van der Waals surface area contributed by atoms with Crippen LogP contribution in [-0.2, 0) is 4.79 Å². The molecule has 0 bridgehead atoms. The Morgan fingerprint density at radius 3 is 2.22 bits per heavy atom. The highest BCUT2D eigenvalue weighted by Gasteiger charge is 2.30. The normalized spacial score (nSPS) is 16.4. The van der Waals surface area contributed by atoms with Gasteiger partial charge in [0.05, 0.1) is 5.56 Å². The van der Waals surface area contributed by atoms with E-state index in [4.69, 9.17) is 9.90 Å². The maximum atomic E-state index is 12.4. The highest BCUT2D eigenvalue weighted by Crippen LogP contribution is 2.28. The van der Waals surface area contributed by atoms with Gasteiger partial charge in [-0.1, -0.05) is 6.42 Å². The molecule has 0 spiro atoms. The molecule has 3 N–H and O–H groups in total. The van der Waals surface area contributed by atoms with Gasteiger partial charge in [0.2, 0.25) is 0 Å². The number of ether oxygens (including phenoxy) is 2. The molecule has 13 heteroatoms. The third-order valence-corrected chi connectivity index (χ3v) is 3.91. The van der Waals surface area contributed by atoms with E-state index in [-0.39, 0.29) is 23.9 Å². The van der Waals surface area contributed by atoms with Crippen molar-refractivity contribution in [3.8, 4) is 11.5 Å². The van der Waals surface area contributed by atoms with E-state index in [1.807, 2.05) is 0 Å². The summed E-state index contributed by atoms with van der Waals surface area (Å²) in [7, 11) is 0. The Kier molecular flexibility index (Phi) is 10.6. The molecule has 1 aromatic carbocycles. The average molecular weight is 474 g/mol. The second-order valence-electron chi connectivity index (χ2n) is 6.84. The first-order valence-electron chi connectivity index (χ1n) is 9.51. The van der Waals surface area contributed by atoms with Crippen LogP contribution in [0.1, 0.15) is 36.5 Å². The third kappa shape index (κ3) is 12.2. The summed E-state index contributed by atoms with van der Waals surface area (Å²) in [6, 6.07) is 2.94. The summed E-state index contributed by atoms with van der Waals surface area (Å²) in [5.41, 5.74) is -0.334. The summed E-state index contributed by atoms with van der Waals surface area (Å²) in [6.07, 6.45) is -6.41. The monoisotopic (exact) mass is 474 g/mol. The summed E-state index contributed by atoms with van der Waals surface area (Å²) in [4.78, 5) is 21.4. The number of carboxylic acid groups (broad SMARTS) is 1. The molecule has 1 aliphatic rings. The number of carbonyl (C=O) groups is 2. The lowest BCUT2D eigenvalue weighted by Gasteiger charge is -2.24. The molecule has 1 fully saturated rings. The van der Waals surface area contributed by atoms with Gasteiger partial charge in [0, 0.05) is 19.5 Å². The fourth-order valence-corrected chi connectivity index (χ4v) is 2.64. The van der Waals surface area contributed by atoms with E-state index in [0.717, 1.165) is 50.9 Å². The van der Waals surface area contributed by atoms with Gasteiger partial charge in [-0.2, -0.15) is 26.3 Å². The van der Waals surface area contributed by atoms with Crippen molar-refractivity contribution in [2.24, 2.45) is 0 Å². The first kappa shape index (κ1) is 27.3. The fourth-order valence-electron chi connectivity index (χ4n) is 2.64. The maximum Gasteiger partial charge on any atom is 0.422 e. The Bertz CT molecular complexity index is 745. The Balaban J connectivity index is 0.00000118. The second kappa shape index (κ2) is 12.4. The van der Waals surface area contributed by atoms with Crippen LogP contribution in [0.15, 0.2) is 18.2 Å². The number of hydrogen-bond donors (Lipinski definition) is 3. The standard InChI is InChI=1S/C17H20F6N2O3.C2H4O2/c18-16(19,20)9-27-12-4-5-14(28-10-17(21,22)23)13(7-12)15(26)25-8-11-3-1-2-6-24-11;1-2(3)4/h4-5,7,11,24H,1-3,6,8-10H2,(H,25,26);1H3,(H,3,4)/t11-;/m1./s1. The number of benzene rings is 1. The van der Waals surface area contributed by atoms with Gasteiger partial charge in [0.1, 0.15) is 11.5 Å². The highest BCUT2D eigenvalue weighted by molar-refractivity contribution is 5.97. The Hall–Kier alpha value is -2.70. The summed E-state index contributed by atoms with van der Waals surface area (Å²) in [5, 5.41) is 13.2. The fraction of sp³-hybridized carbons (Fsp3) is 0.579. The largest absolute Gasteiger partial charge is 0.484 e. The van der Waals surface area contributed by atoms with Gasteiger partial charge in [0.25, 0.3) is 11.9 Å². The number of hydrogen-bond acceptors (Lipinski definition) is 5. The van der Waals surface area contributed by atoms with E-state index < -0.39 is 43.2 Å². The molecule has 182 valence electrons. The van der Waals surface area contributed by atoms with Gasteiger partial charge < -0.3 is 25.2 Å². The number of alkyl halides is 6. The lowest BCUT2D eigenvalue weighted by Crippen LogP contribution is -2.43. The Labute approximate surface area is 180 Å². The molecule has 1 heterocycles. The Morgan fingerprint density at radius 1 is 1.09 bits per heavy atom. The van der Waals surface area contributed by atoms with E-state index >= 15 is 0 Å². The lowest BCUT2D eigenvalue weighted by atomic mass is 10.0. The number of carbonyl (C=O) groups excluding carboxylic acids is 1. The summed E-state index contributed by atoms with van der Waals surface area (Å²) in [5.74, 6) is -2.30. The molecule has 0 saturated carbocycles. The number of nitrogens with one attached hydrogen (secondary N) is 2. The molecule has 0 unspecified atom stereocenters. The number of aliphatic carboxylic acids is 1. The average Bonchev–Trinajstić information content (AvgIpc) is 2.68. The van der Waals surface area contributed by atoms with Gasteiger partial charge >= 0.3 is 12.4 Å². The van der Waals surface area contributed by atoms with Crippen molar-refractivity contribution in [2.75, 3.05) is 26.3 Å². The van der Waals surface area contributed by atoms with Crippen LogP contribution in [0.4, 0.5) is 26.3 Å². The van der Waals surface area contributed by atoms with Crippen LogP contribution in [-0.4, -0.2) is 61.7 Å². The topological polar surface area (TPSA) is 96.9 Å². The first-order chi connectivity index (χ1) is 14.8. The number of amides is 1. The highest BCUT2D eigenvalue weighted by atomic mass is 19.4. The van der Waals surface area contributed by atoms with Crippen molar-refractivity contribution in [1.29, 1.82) is 0 Å². The molecule has 1 aliphatic heterocycles. The van der Waals surface area contributed by atoms with E-state index in [2.05, 4.69) is 20.1 Å². The smallest absolute Gasteiger partial charge is 0.422 e. The number of piperidine rings is 1. The number of carboxylic acids is 1. The molecule has 0 aromatic heterocycles. The molecule has 7 nitrogen and oxygen atoms in total. The van der Waals surface area contributed by atoms with Crippen molar-refractivity contribution >= 4 is 11.9 Å².